The number of carboxylic acids is 1. The summed E-state index contributed by atoms with van der Waals surface area (Å²) in [5.74, 6) is -1.30. The molecule has 0 bridgehead atoms. The van der Waals surface area contributed by atoms with Gasteiger partial charge in [0, 0.05) is 25.7 Å². The number of rotatable bonds is 7. The van der Waals surface area contributed by atoms with Gasteiger partial charge in [0.05, 0.1) is 12.7 Å². The molecular formula is C11H18N4O4. The van der Waals surface area contributed by atoms with E-state index in [1.807, 2.05) is 13.1 Å². The number of aliphatic hydroxyl groups excluding tert-OH is 1. The maximum atomic E-state index is 11.3. The molecule has 0 unspecified atom stereocenters. The average Bonchev–Trinajstić information content (AvgIpc) is 2.74. The summed E-state index contributed by atoms with van der Waals surface area (Å²) in [5.41, 5.74) is 1.05. The van der Waals surface area contributed by atoms with Crippen molar-refractivity contribution in [2.24, 2.45) is 0 Å². The van der Waals surface area contributed by atoms with Gasteiger partial charge < -0.3 is 20.8 Å². The standard InChI is InChI=1S/C11H18N4O4/c1-8-6-14-15(7-8)5-4-13-11(19)12-3-2-9(16)10(17)18/h6-7,9,16H,2-5H2,1H3,(H,17,18)(H2,12,13,19)/t9-/m0/s1. The van der Waals surface area contributed by atoms with E-state index in [2.05, 4.69) is 15.7 Å². The predicted octanol–water partition coefficient (Wildman–Crippen LogP) is -0.674. The van der Waals surface area contributed by atoms with Crippen LogP contribution in [-0.4, -0.2) is 51.2 Å². The van der Waals surface area contributed by atoms with Gasteiger partial charge in [0.25, 0.3) is 0 Å². The first-order valence-corrected chi connectivity index (χ1v) is 5.90. The number of amides is 2. The fourth-order valence-corrected chi connectivity index (χ4v) is 1.38. The van der Waals surface area contributed by atoms with E-state index in [9.17, 15) is 9.59 Å². The second kappa shape index (κ2) is 7.37. The first-order chi connectivity index (χ1) is 8.99. The lowest BCUT2D eigenvalue weighted by molar-refractivity contribution is -0.146. The number of nitrogens with zero attached hydrogens (tertiary/aromatic N) is 2. The lowest BCUT2D eigenvalue weighted by Crippen LogP contribution is -2.39. The molecule has 19 heavy (non-hydrogen) atoms. The number of carboxylic acid groups (broad SMARTS) is 1. The van der Waals surface area contributed by atoms with Gasteiger partial charge in [-0.1, -0.05) is 0 Å². The average molecular weight is 270 g/mol. The quantitative estimate of drug-likeness (QED) is 0.524. The van der Waals surface area contributed by atoms with E-state index in [1.165, 1.54) is 0 Å². The summed E-state index contributed by atoms with van der Waals surface area (Å²) in [6.45, 7) is 2.99. The fraction of sp³-hybridized carbons (Fsp3) is 0.545. The van der Waals surface area contributed by atoms with Gasteiger partial charge in [-0.05, 0) is 12.5 Å². The molecule has 1 atom stereocenters. The Balaban J connectivity index is 2.10. The molecule has 106 valence electrons. The molecule has 4 N–H and O–H groups in total. The van der Waals surface area contributed by atoms with Crippen LogP contribution in [0.2, 0.25) is 0 Å². The van der Waals surface area contributed by atoms with Crippen molar-refractivity contribution >= 4 is 12.0 Å². The molecule has 0 fully saturated rings. The molecular weight excluding hydrogens is 252 g/mol. The Hall–Kier alpha value is -2.09. The van der Waals surface area contributed by atoms with E-state index in [4.69, 9.17) is 10.2 Å². The summed E-state index contributed by atoms with van der Waals surface area (Å²) in [4.78, 5) is 21.6. The second-order valence-electron chi connectivity index (χ2n) is 4.11. The van der Waals surface area contributed by atoms with E-state index < -0.39 is 18.1 Å². The smallest absolute Gasteiger partial charge is 0.332 e. The minimum absolute atomic E-state index is 0.0267. The molecule has 8 heteroatoms. The highest BCUT2D eigenvalue weighted by Gasteiger charge is 2.12. The maximum Gasteiger partial charge on any atom is 0.332 e. The highest BCUT2D eigenvalue weighted by atomic mass is 16.4. The first-order valence-electron chi connectivity index (χ1n) is 5.90. The molecule has 1 aromatic heterocycles. The van der Waals surface area contributed by atoms with Crippen LogP contribution in [0.3, 0.4) is 0 Å². The third-order valence-electron chi connectivity index (χ3n) is 2.38. The number of aliphatic carboxylic acids is 1. The Bertz CT molecular complexity index is 432. The molecule has 0 aliphatic rings. The number of carbonyl (C=O) groups excluding carboxylic acids is 1. The van der Waals surface area contributed by atoms with Crippen molar-refractivity contribution in [1.29, 1.82) is 0 Å². The topological polar surface area (TPSA) is 116 Å². The van der Waals surface area contributed by atoms with Gasteiger partial charge in [-0.15, -0.1) is 0 Å². The van der Waals surface area contributed by atoms with Crippen LogP contribution in [-0.2, 0) is 11.3 Å². The van der Waals surface area contributed by atoms with E-state index in [-0.39, 0.29) is 13.0 Å². The SMILES string of the molecule is Cc1cnn(CCNC(=O)NCC[C@H](O)C(=O)O)c1. The van der Waals surface area contributed by atoms with Crippen molar-refractivity contribution in [3.8, 4) is 0 Å². The van der Waals surface area contributed by atoms with Crippen molar-refractivity contribution in [3.05, 3.63) is 18.0 Å². The zero-order chi connectivity index (χ0) is 14.3. The molecule has 0 aliphatic carbocycles. The molecule has 2 amide bonds. The van der Waals surface area contributed by atoms with E-state index in [1.54, 1.807) is 10.9 Å². The molecule has 0 aliphatic heterocycles. The zero-order valence-electron chi connectivity index (χ0n) is 10.7. The van der Waals surface area contributed by atoms with Crippen molar-refractivity contribution in [1.82, 2.24) is 20.4 Å². The summed E-state index contributed by atoms with van der Waals surface area (Å²) < 4.78 is 1.71. The minimum Gasteiger partial charge on any atom is -0.479 e. The molecule has 8 nitrogen and oxygen atoms in total. The molecule has 0 saturated carbocycles. The summed E-state index contributed by atoms with van der Waals surface area (Å²) in [7, 11) is 0. The number of aliphatic hydroxyl groups is 1. The summed E-state index contributed by atoms with van der Waals surface area (Å²) >= 11 is 0. The number of carbonyl (C=O) groups is 2. The highest BCUT2D eigenvalue weighted by molar-refractivity contribution is 5.74. The number of nitrogens with one attached hydrogen (secondary N) is 2. The second-order valence-corrected chi connectivity index (χ2v) is 4.11. The Morgan fingerprint density at radius 3 is 2.68 bits per heavy atom. The number of aryl methyl sites for hydroxylation is 1. The third kappa shape index (κ3) is 5.87. The zero-order valence-corrected chi connectivity index (χ0v) is 10.7. The first kappa shape index (κ1) is 15.0. The summed E-state index contributed by atoms with van der Waals surface area (Å²) in [5, 5.41) is 26.5. The fourth-order valence-electron chi connectivity index (χ4n) is 1.38. The maximum absolute atomic E-state index is 11.3. The molecule has 1 heterocycles. The molecule has 0 spiro atoms. The van der Waals surface area contributed by atoms with Gasteiger partial charge in [0.2, 0.25) is 0 Å². The van der Waals surface area contributed by atoms with E-state index in [0.29, 0.717) is 13.1 Å². The molecule has 1 rings (SSSR count). The molecule has 0 radical (unpaired) electrons. The van der Waals surface area contributed by atoms with Gasteiger partial charge >= 0.3 is 12.0 Å². The monoisotopic (exact) mass is 270 g/mol. The van der Waals surface area contributed by atoms with Crippen molar-refractivity contribution in [2.75, 3.05) is 13.1 Å². The van der Waals surface area contributed by atoms with Crippen LogP contribution in [0, 0.1) is 6.92 Å². The summed E-state index contributed by atoms with van der Waals surface area (Å²) in [6, 6.07) is -0.401. The lowest BCUT2D eigenvalue weighted by atomic mass is 10.2. The predicted molar refractivity (Wildman–Crippen MR) is 66.6 cm³/mol. The summed E-state index contributed by atoms with van der Waals surface area (Å²) in [6.07, 6.45) is 2.12. The number of urea groups is 1. The highest BCUT2D eigenvalue weighted by Crippen LogP contribution is 1.93. The van der Waals surface area contributed by atoms with Crippen LogP contribution in [0.5, 0.6) is 0 Å². The Morgan fingerprint density at radius 2 is 2.11 bits per heavy atom. The van der Waals surface area contributed by atoms with Gasteiger partial charge in [-0.2, -0.15) is 5.10 Å². The number of aromatic nitrogens is 2. The van der Waals surface area contributed by atoms with Crippen LogP contribution >= 0.6 is 0 Å². The van der Waals surface area contributed by atoms with Crippen LogP contribution in [0.25, 0.3) is 0 Å². The third-order valence-corrected chi connectivity index (χ3v) is 2.38. The largest absolute Gasteiger partial charge is 0.479 e. The number of hydrogen-bond acceptors (Lipinski definition) is 4. The van der Waals surface area contributed by atoms with Crippen LogP contribution in [0.1, 0.15) is 12.0 Å². The molecule has 0 aromatic carbocycles. The van der Waals surface area contributed by atoms with E-state index in [0.717, 1.165) is 5.56 Å². The van der Waals surface area contributed by atoms with Crippen LogP contribution < -0.4 is 10.6 Å². The lowest BCUT2D eigenvalue weighted by Gasteiger charge is -2.09. The van der Waals surface area contributed by atoms with Crippen LogP contribution in [0.15, 0.2) is 12.4 Å². The Morgan fingerprint density at radius 1 is 1.42 bits per heavy atom. The minimum atomic E-state index is -1.45. The van der Waals surface area contributed by atoms with Crippen LogP contribution in [0.4, 0.5) is 4.79 Å². The van der Waals surface area contributed by atoms with Crippen molar-refractivity contribution < 1.29 is 19.8 Å². The van der Waals surface area contributed by atoms with Crippen molar-refractivity contribution in [2.45, 2.75) is 26.0 Å². The van der Waals surface area contributed by atoms with Crippen molar-refractivity contribution in [3.63, 3.8) is 0 Å². The normalized spacial score (nSPS) is 11.9. The van der Waals surface area contributed by atoms with Gasteiger partial charge in [0.1, 0.15) is 0 Å². The van der Waals surface area contributed by atoms with Gasteiger partial charge in [-0.3, -0.25) is 4.68 Å². The van der Waals surface area contributed by atoms with Gasteiger partial charge in [0.15, 0.2) is 6.10 Å². The van der Waals surface area contributed by atoms with E-state index >= 15 is 0 Å². The Labute approximate surface area is 110 Å². The molecule has 0 saturated heterocycles. The molecule has 1 aromatic rings. The number of hydrogen-bond donors (Lipinski definition) is 4. The Kier molecular flexibility index (Phi) is 5.80. The van der Waals surface area contributed by atoms with Gasteiger partial charge in [-0.25, -0.2) is 9.59 Å².